The number of fused-ring (bicyclic) bond motifs is 5. The summed E-state index contributed by atoms with van der Waals surface area (Å²) in [5.41, 5.74) is 0.347. The lowest BCUT2D eigenvalue weighted by Crippen LogP contribution is -2.39. The van der Waals surface area contributed by atoms with Crippen LogP contribution in [0.3, 0.4) is 0 Å². The van der Waals surface area contributed by atoms with Crippen LogP contribution in [0.15, 0.2) is 41.3 Å². The summed E-state index contributed by atoms with van der Waals surface area (Å²) in [5, 5.41) is 2.28. The van der Waals surface area contributed by atoms with Gasteiger partial charge in [-0.15, -0.1) is 0 Å². The predicted molar refractivity (Wildman–Crippen MR) is 109 cm³/mol. The van der Waals surface area contributed by atoms with Gasteiger partial charge < -0.3 is 5.32 Å². The Balaban J connectivity index is 1.28. The first-order chi connectivity index (χ1) is 14.4. The quantitative estimate of drug-likeness (QED) is 0.572. The van der Waals surface area contributed by atoms with E-state index < -0.39 is 15.7 Å². The normalized spacial score (nSPS) is 30.3. The molecule has 2 saturated carbocycles. The van der Waals surface area contributed by atoms with Crippen molar-refractivity contribution in [1.29, 1.82) is 0 Å². The van der Waals surface area contributed by atoms with Crippen molar-refractivity contribution in [2.45, 2.75) is 42.2 Å². The molecule has 4 aliphatic rings. The number of sulfone groups is 1. The number of anilines is 1. The van der Waals surface area contributed by atoms with Gasteiger partial charge in [-0.25, -0.2) is 8.42 Å². The number of hydrogen-bond donors (Lipinski definition) is 1. The smallest absolute Gasteiger partial charge is 0.244 e. The molecule has 1 aromatic carbocycles. The second kappa shape index (κ2) is 7.04. The third-order valence-electron chi connectivity index (χ3n) is 7.05. The molecule has 3 fully saturated rings. The summed E-state index contributed by atoms with van der Waals surface area (Å²) < 4.78 is 25.6. The van der Waals surface area contributed by atoms with E-state index in [9.17, 15) is 22.8 Å². The second-order valence-corrected chi connectivity index (χ2v) is 11.0. The van der Waals surface area contributed by atoms with Crippen LogP contribution < -0.4 is 5.32 Å². The van der Waals surface area contributed by atoms with Crippen molar-refractivity contribution in [3.05, 3.63) is 36.4 Å². The minimum absolute atomic E-state index is 0.0991. The summed E-state index contributed by atoms with van der Waals surface area (Å²) in [4.78, 5) is 39.2. The van der Waals surface area contributed by atoms with Gasteiger partial charge >= 0.3 is 0 Å². The van der Waals surface area contributed by atoms with E-state index in [0.717, 1.165) is 24.2 Å². The molecule has 0 aromatic heterocycles. The van der Waals surface area contributed by atoms with Crippen molar-refractivity contribution in [3.63, 3.8) is 0 Å². The van der Waals surface area contributed by atoms with Crippen molar-refractivity contribution < 1.29 is 22.8 Å². The highest BCUT2D eigenvalue weighted by Gasteiger charge is 2.59. The van der Waals surface area contributed by atoms with Crippen molar-refractivity contribution in [2.75, 3.05) is 11.9 Å². The molecule has 0 spiro atoms. The Labute approximate surface area is 175 Å². The molecule has 1 aliphatic heterocycles. The maximum Gasteiger partial charge on any atom is 0.244 e. The first kappa shape index (κ1) is 19.5. The highest BCUT2D eigenvalue weighted by Crippen LogP contribution is 2.52. The van der Waals surface area contributed by atoms with E-state index in [1.807, 2.05) is 12.2 Å². The molecule has 1 aromatic rings. The minimum Gasteiger partial charge on any atom is -0.324 e. The maximum absolute atomic E-state index is 12.8. The van der Waals surface area contributed by atoms with Gasteiger partial charge in [0.25, 0.3) is 0 Å². The molecule has 1 heterocycles. The second-order valence-electron chi connectivity index (χ2n) is 8.79. The van der Waals surface area contributed by atoms with E-state index in [4.69, 9.17) is 0 Å². The highest BCUT2D eigenvalue weighted by atomic mass is 32.2. The van der Waals surface area contributed by atoms with Gasteiger partial charge in [-0.1, -0.05) is 31.1 Å². The number of likely N-dealkylation sites (tertiary alicyclic amines) is 1. The van der Waals surface area contributed by atoms with Crippen molar-refractivity contribution >= 4 is 33.2 Å². The van der Waals surface area contributed by atoms with Gasteiger partial charge in [-0.3, -0.25) is 19.3 Å². The van der Waals surface area contributed by atoms with E-state index in [2.05, 4.69) is 5.32 Å². The molecule has 158 valence electrons. The standard InChI is InChI=1S/C22H24N2O5S/c25-18(12-24-21(26)19-13-8-9-14(10-13)20(19)22(24)27)23-15-4-3-7-17(11-15)30(28,29)16-5-1-2-6-16/h3-4,7-9,11,13-14,16,19-20H,1-2,5-6,10,12H2,(H,23,25). The average molecular weight is 429 g/mol. The number of allylic oxidation sites excluding steroid dienone is 2. The number of carbonyl (C=O) groups is 3. The average Bonchev–Trinajstić information content (AvgIpc) is 3.50. The molecule has 1 saturated heterocycles. The molecule has 0 radical (unpaired) electrons. The van der Waals surface area contributed by atoms with Crippen molar-refractivity contribution in [2.24, 2.45) is 23.7 Å². The fraction of sp³-hybridized carbons (Fsp3) is 0.500. The Kier molecular flexibility index (Phi) is 4.57. The summed E-state index contributed by atoms with van der Waals surface area (Å²) in [6, 6.07) is 6.20. The zero-order chi connectivity index (χ0) is 21.0. The SMILES string of the molecule is O=C(CN1C(=O)C2C3C=CC(C3)C2C1=O)Nc1cccc(S(=O)(=O)C2CCCC2)c1. The van der Waals surface area contributed by atoms with E-state index in [1.54, 1.807) is 18.2 Å². The Hall–Kier alpha value is -2.48. The zero-order valence-corrected chi connectivity index (χ0v) is 17.3. The van der Waals surface area contributed by atoms with Gasteiger partial charge in [-0.05, 0) is 49.3 Å². The Morgan fingerprint density at radius 1 is 1.03 bits per heavy atom. The van der Waals surface area contributed by atoms with Crippen LogP contribution in [-0.2, 0) is 24.2 Å². The van der Waals surface area contributed by atoms with Gasteiger partial charge in [-0.2, -0.15) is 0 Å². The predicted octanol–water partition coefficient (Wildman–Crippen LogP) is 2.15. The topological polar surface area (TPSA) is 101 Å². The summed E-state index contributed by atoms with van der Waals surface area (Å²) in [6.45, 7) is -0.344. The number of rotatable bonds is 5. The lowest BCUT2D eigenvalue weighted by molar-refractivity contribution is -0.143. The largest absolute Gasteiger partial charge is 0.324 e. The molecular formula is C22H24N2O5S. The summed E-state index contributed by atoms with van der Waals surface area (Å²) in [6.07, 6.45) is 8.02. The third kappa shape index (κ3) is 3.00. The number of amides is 3. The van der Waals surface area contributed by atoms with Crippen molar-refractivity contribution in [3.8, 4) is 0 Å². The molecule has 4 unspecified atom stereocenters. The van der Waals surface area contributed by atoms with Crippen LogP contribution in [0.1, 0.15) is 32.1 Å². The van der Waals surface area contributed by atoms with Crippen LogP contribution in [0, 0.1) is 23.7 Å². The number of carbonyl (C=O) groups excluding carboxylic acids is 3. The molecule has 5 rings (SSSR count). The number of benzene rings is 1. The number of nitrogens with zero attached hydrogens (tertiary/aromatic N) is 1. The fourth-order valence-corrected chi connectivity index (χ4v) is 7.50. The van der Waals surface area contributed by atoms with Gasteiger partial charge in [0.05, 0.1) is 22.0 Å². The molecule has 3 amide bonds. The lowest BCUT2D eigenvalue weighted by atomic mass is 9.85. The summed E-state index contributed by atoms with van der Waals surface area (Å²) in [7, 11) is -3.43. The summed E-state index contributed by atoms with van der Waals surface area (Å²) in [5.74, 6) is -1.51. The van der Waals surface area contributed by atoms with Crippen molar-refractivity contribution in [1.82, 2.24) is 4.90 Å². The minimum atomic E-state index is -3.43. The Bertz CT molecular complexity index is 1030. The summed E-state index contributed by atoms with van der Waals surface area (Å²) >= 11 is 0. The number of hydrogen-bond acceptors (Lipinski definition) is 5. The molecule has 3 aliphatic carbocycles. The van der Waals surface area contributed by atoms with E-state index in [1.165, 1.54) is 6.07 Å². The van der Waals surface area contributed by atoms with Gasteiger partial charge in [0.2, 0.25) is 17.7 Å². The van der Waals surface area contributed by atoms with Gasteiger partial charge in [0, 0.05) is 5.69 Å². The van der Waals surface area contributed by atoms with Crippen LogP contribution in [0.2, 0.25) is 0 Å². The van der Waals surface area contributed by atoms with Gasteiger partial charge in [0.15, 0.2) is 9.84 Å². The number of nitrogens with one attached hydrogen (secondary N) is 1. The van der Waals surface area contributed by atoms with Crippen LogP contribution in [0.5, 0.6) is 0 Å². The van der Waals surface area contributed by atoms with Crippen LogP contribution in [0.25, 0.3) is 0 Å². The van der Waals surface area contributed by atoms with E-state index >= 15 is 0 Å². The van der Waals surface area contributed by atoms with Crippen LogP contribution in [-0.4, -0.2) is 42.8 Å². The fourth-order valence-electron chi connectivity index (χ4n) is 5.61. The molecule has 4 atom stereocenters. The van der Waals surface area contributed by atoms with Crippen LogP contribution >= 0.6 is 0 Å². The van der Waals surface area contributed by atoms with E-state index in [0.29, 0.717) is 18.5 Å². The highest BCUT2D eigenvalue weighted by molar-refractivity contribution is 7.92. The van der Waals surface area contributed by atoms with Crippen LogP contribution in [0.4, 0.5) is 5.69 Å². The Morgan fingerprint density at radius 2 is 1.67 bits per heavy atom. The lowest BCUT2D eigenvalue weighted by Gasteiger charge is -2.17. The Morgan fingerprint density at radius 3 is 2.30 bits per heavy atom. The number of imide groups is 1. The third-order valence-corrected chi connectivity index (χ3v) is 9.31. The molecule has 7 nitrogen and oxygen atoms in total. The maximum atomic E-state index is 12.8. The van der Waals surface area contributed by atoms with E-state index in [-0.39, 0.29) is 52.2 Å². The van der Waals surface area contributed by atoms with Gasteiger partial charge in [0.1, 0.15) is 6.54 Å². The first-order valence-electron chi connectivity index (χ1n) is 10.5. The molecule has 8 heteroatoms. The molecular weight excluding hydrogens is 404 g/mol. The molecule has 30 heavy (non-hydrogen) atoms. The first-order valence-corrected chi connectivity index (χ1v) is 12.1. The molecule has 2 bridgehead atoms. The molecule has 1 N–H and O–H groups in total. The zero-order valence-electron chi connectivity index (χ0n) is 16.5. The monoisotopic (exact) mass is 428 g/mol.